The van der Waals surface area contributed by atoms with Crippen LogP contribution >= 0.6 is 0 Å². The van der Waals surface area contributed by atoms with Crippen LogP contribution in [0, 0.1) is 0 Å². The molecule has 1 aliphatic heterocycles. The quantitative estimate of drug-likeness (QED) is 0.669. The lowest BCUT2D eigenvalue weighted by molar-refractivity contribution is -0.142. The van der Waals surface area contributed by atoms with Crippen LogP contribution < -0.4 is 4.90 Å². The number of methoxy groups -OCH3 is 1. The van der Waals surface area contributed by atoms with Crippen LogP contribution in [0.4, 0.5) is 5.69 Å². The van der Waals surface area contributed by atoms with Crippen molar-refractivity contribution in [1.29, 1.82) is 0 Å². The van der Waals surface area contributed by atoms with Crippen molar-refractivity contribution in [2.75, 3.05) is 18.6 Å². The normalized spacial score (nSPS) is 15.9. The van der Waals surface area contributed by atoms with E-state index in [4.69, 9.17) is 4.74 Å². The van der Waals surface area contributed by atoms with E-state index >= 15 is 0 Å². The van der Waals surface area contributed by atoms with Crippen molar-refractivity contribution < 1.29 is 14.3 Å². The molecule has 7 heteroatoms. The Kier molecular flexibility index (Phi) is 4.42. The number of ether oxygens (including phenoxy) is 1. The Morgan fingerprint density at radius 1 is 1.07 bits per heavy atom. The second-order valence-corrected chi connectivity index (χ2v) is 6.23. The number of hydrogen-bond acceptors (Lipinski definition) is 5. The first-order chi connectivity index (χ1) is 13.2. The van der Waals surface area contributed by atoms with Crippen LogP contribution in [0.1, 0.15) is 28.4 Å². The number of carbonyl (C=O) groups is 2. The lowest BCUT2D eigenvalue weighted by Gasteiger charge is -2.32. The van der Waals surface area contributed by atoms with Crippen molar-refractivity contribution in [3.05, 3.63) is 72.1 Å². The summed E-state index contributed by atoms with van der Waals surface area (Å²) in [4.78, 5) is 28.2. The van der Waals surface area contributed by atoms with Crippen LogP contribution in [-0.4, -0.2) is 40.5 Å². The highest BCUT2D eigenvalue weighted by molar-refractivity contribution is 6.06. The minimum Gasteiger partial charge on any atom is -0.469 e. The maximum atomic E-state index is 13.0. The molecule has 1 unspecified atom stereocenters. The fourth-order valence-corrected chi connectivity index (χ4v) is 3.35. The molecular formula is C20H18N4O3. The fraction of sp³-hybridized carbons (Fsp3) is 0.200. The van der Waals surface area contributed by atoms with E-state index in [1.807, 2.05) is 54.6 Å². The van der Waals surface area contributed by atoms with E-state index in [-0.39, 0.29) is 23.5 Å². The molecule has 1 aliphatic rings. The molecule has 27 heavy (non-hydrogen) atoms. The number of nitrogens with zero attached hydrogens (tertiary/aromatic N) is 4. The zero-order valence-corrected chi connectivity index (χ0v) is 14.8. The van der Waals surface area contributed by atoms with Crippen molar-refractivity contribution in [1.82, 2.24) is 15.0 Å². The van der Waals surface area contributed by atoms with Gasteiger partial charge in [-0.2, -0.15) is 9.90 Å². The fourth-order valence-electron chi connectivity index (χ4n) is 3.35. The van der Waals surface area contributed by atoms with E-state index in [1.165, 1.54) is 18.1 Å². The summed E-state index contributed by atoms with van der Waals surface area (Å²) in [7, 11) is 1.38. The van der Waals surface area contributed by atoms with Gasteiger partial charge in [0.2, 0.25) is 0 Å². The largest absolute Gasteiger partial charge is 0.469 e. The van der Waals surface area contributed by atoms with Gasteiger partial charge in [-0.05, 0) is 30.2 Å². The number of para-hydroxylation sites is 2. The molecule has 0 aliphatic carbocycles. The molecule has 1 amide bonds. The highest BCUT2D eigenvalue weighted by Gasteiger charge is 2.34. The third-order valence-corrected chi connectivity index (χ3v) is 4.67. The van der Waals surface area contributed by atoms with E-state index in [9.17, 15) is 9.59 Å². The average molecular weight is 362 g/mol. The van der Waals surface area contributed by atoms with Gasteiger partial charge in [0.25, 0.3) is 5.91 Å². The summed E-state index contributed by atoms with van der Waals surface area (Å²) in [6.45, 7) is 0.411. The van der Waals surface area contributed by atoms with Gasteiger partial charge in [-0.3, -0.25) is 9.59 Å². The summed E-state index contributed by atoms with van der Waals surface area (Å²) in [5, 5.41) is 8.52. The molecule has 0 saturated heterocycles. The number of esters is 1. The Hall–Kier alpha value is -3.48. The number of fused-ring (bicyclic) bond motifs is 1. The van der Waals surface area contributed by atoms with Gasteiger partial charge in [-0.25, -0.2) is 0 Å². The smallest absolute Gasteiger partial charge is 0.313 e. The summed E-state index contributed by atoms with van der Waals surface area (Å²) >= 11 is 0. The molecule has 0 fully saturated rings. The van der Waals surface area contributed by atoms with Crippen molar-refractivity contribution >= 4 is 17.6 Å². The van der Waals surface area contributed by atoms with Crippen molar-refractivity contribution in [3.8, 4) is 5.69 Å². The van der Waals surface area contributed by atoms with Crippen molar-refractivity contribution in [3.63, 3.8) is 0 Å². The summed E-state index contributed by atoms with van der Waals surface area (Å²) < 4.78 is 4.91. The molecule has 136 valence electrons. The van der Waals surface area contributed by atoms with Crippen molar-refractivity contribution in [2.45, 2.75) is 12.3 Å². The highest BCUT2D eigenvalue weighted by atomic mass is 16.5. The zero-order chi connectivity index (χ0) is 18.8. The molecule has 3 aromatic rings. The molecule has 7 nitrogen and oxygen atoms in total. The monoisotopic (exact) mass is 362 g/mol. The summed E-state index contributed by atoms with van der Waals surface area (Å²) in [6.07, 6.45) is 1.96. The van der Waals surface area contributed by atoms with Crippen LogP contribution in [0.3, 0.4) is 0 Å². The Morgan fingerprint density at radius 2 is 1.81 bits per heavy atom. The third kappa shape index (κ3) is 3.08. The van der Waals surface area contributed by atoms with E-state index < -0.39 is 0 Å². The van der Waals surface area contributed by atoms with Crippen LogP contribution in [0.2, 0.25) is 0 Å². The molecular weight excluding hydrogens is 344 g/mol. The maximum absolute atomic E-state index is 13.0. The van der Waals surface area contributed by atoms with Crippen molar-refractivity contribution in [2.24, 2.45) is 0 Å². The first-order valence-corrected chi connectivity index (χ1v) is 8.65. The van der Waals surface area contributed by atoms with Crippen LogP contribution in [0.15, 0.2) is 60.8 Å². The maximum Gasteiger partial charge on any atom is 0.313 e. The molecule has 0 N–H and O–H groups in total. The number of carbonyl (C=O) groups excluding carboxylic acids is 2. The number of hydrogen-bond donors (Lipinski definition) is 0. The number of rotatable bonds is 3. The molecule has 0 saturated carbocycles. The first kappa shape index (κ1) is 17.0. The van der Waals surface area contributed by atoms with E-state index in [2.05, 4.69) is 10.2 Å². The zero-order valence-electron chi connectivity index (χ0n) is 14.8. The van der Waals surface area contributed by atoms with Gasteiger partial charge in [-0.15, -0.1) is 5.10 Å². The van der Waals surface area contributed by atoms with Gasteiger partial charge in [0.1, 0.15) is 0 Å². The molecule has 1 atom stereocenters. The lowest BCUT2D eigenvalue weighted by Crippen LogP contribution is -2.38. The SMILES string of the molecule is COC(=O)C1CCN(C(=O)c2cnn(-c3ccccc3)n2)c2ccccc21. The number of amides is 1. The first-order valence-electron chi connectivity index (χ1n) is 8.65. The molecule has 1 aromatic heterocycles. The molecule has 0 spiro atoms. The molecule has 4 rings (SSSR count). The predicted molar refractivity (Wildman–Crippen MR) is 98.9 cm³/mol. The minimum absolute atomic E-state index is 0.243. The molecule has 0 bridgehead atoms. The lowest BCUT2D eigenvalue weighted by atomic mass is 9.90. The van der Waals surface area contributed by atoms with E-state index in [1.54, 1.807) is 4.90 Å². The Morgan fingerprint density at radius 3 is 2.59 bits per heavy atom. The van der Waals surface area contributed by atoms with Gasteiger partial charge in [-0.1, -0.05) is 36.4 Å². The Balaban J connectivity index is 1.65. The number of aromatic nitrogens is 3. The number of benzene rings is 2. The summed E-state index contributed by atoms with van der Waals surface area (Å²) in [5.41, 5.74) is 2.53. The summed E-state index contributed by atoms with van der Waals surface area (Å²) in [5.74, 6) is -0.896. The van der Waals surface area contributed by atoms with Gasteiger partial charge in [0.15, 0.2) is 5.69 Å². The standard InChI is InChI=1S/C20H18N4O3/c1-27-20(26)16-11-12-23(18-10-6-5-9-15(16)18)19(25)17-13-21-24(22-17)14-7-3-2-4-8-14/h2-10,13,16H,11-12H2,1H3. The Bertz CT molecular complexity index is 984. The number of anilines is 1. The van der Waals surface area contributed by atoms with Crippen LogP contribution in [0.5, 0.6) is 0 Å². The molecule has 2 heterocycles. The molecule has 0 radical (unpaired) electrons. The van der Waals surface area contributed by atoms with Gasteiger partial charge in [0.05, 0.1) is 24.9 Å². The molecule has 2 aromatic carbocycles. The average Bonchev–Trinajstić information content (AvgIpc) is 3.23. The third-order valence-electron chi connectivity index (χ3n) is 4.67. The second-order valence-electron chi connectivity index (χ2n) is 6.23. The van der Waals surface area contributed by atoms with Gasteiger partial charge in [0, 0.05) is 12.2 Å². The van der Waals surface area contributed by atoms with Gasteiger partial charge < -0.3 is 9.64 Å². The van der Waals surface area contributed by atoms with Crippen LogP contribution in [0.25, 0.3) is 5.69 Å². The highest BCUT2D eigenvalue weighted by Crippen LogP contribution is 2.36. The van der Waals surface area contributed by atoms with E-state index in [0.29, 0.717) is 18.7 Å². The van der Waals surface area contributed by atoms with Gasteiger partial charge >= 0.3 is 5.97 Å². The topological polar surface area (TPSA) is 77.3 Å². The summed E-state index contributed by atoms with van der Waals surface area (Å²) in [6, 6.07) is 16.8. The Labute approximate surface area is 156 Å². The predicted octanol–water partition coefficient (Wildman–Crippen LogP) is 2.57. The van der Waals surface area contributed by atoms with E-state index in [0.717, 1.165) is 11.3 Å². The second kappa shape index (κ2) is 7.03. The minimum atomic E-state index is -0.366. The van der Waals surface area contributed by atoms with Crippen LogP contribution in [-0.2, 0) is 9.53 Å².